The van der Waals surface area contributed by atoms with E-state index in [4.69, 9.17) is 9.84 Å². The van der Waals surface area contributed by atoms with E-state index >= 15 is 0 Å². The van der Waals surface area contributed by atoms with Crippen molar-refractivity contribution in [2.24, 2.45) is 0 Å². The number of ether oxygens (including phenoxy) is 1. The van der Waals surface area contributed by atoms with Crippen LogP contribution >= 0.6 is 0 Å². The molecule has 0 amide bonds. The molecule has 0 saturated carbocycles. The van der Waals surface area contributed by atoms with Gasteiger partial charge >= 0.3 is 5.82 Å². The van der Waals surface area contributed by atoms with Crippen molar-refractivity contribution in [1.29, 1.82) is 0 Å². The van der Waals surface area contributed by atoms with Crippen molar-refractivity contribution in [3.63, 3.8) is 0 Å². The van der Waals surface area contributed by atoms with E-state index in [1.807, 2.05) is 0 Å². The van der Waals surface area contributed by atoms with Gasteiger partial charge in [-0.25, -0.2) is 9.55 Å². The number of carbonyl (C=O) groups is 1. The molecule has 0 aromatic carbocycles. The number of nitrogens with one attached hydrogen (secondary N) is 1. The summed E-state index contributed by atoms with van der Waals surface area (Å²) in [4.78, 5) is 14.0. The minimum atomic E-state index is -0.0898. The smallest absolute Gasteiger partial charge is 0.323 e. The molecule has 14 heavy (non-hydrogen) atoms. The van der Waals surface area contributed by atoms with E-state index in [0.717, 1.165) is 0 Å². The van der Waals surface area contributed by atoms with Gasteiger partial charge in [-0.1, -0.05) is 0 Å². The van der Waals surface area contributed by atoms with Gasteiger partial charge in [-0.3, -0.25) is 4.79 Å². The van der Waals surface area contributed by atoms with E-state index in [1.165, 1.54) is 6.92 Å². The Kier molecular flexibility index (Phi) is 3.79. The average molecular weight is 199 g/mol. The second kappa shape index (κ2) is 4.88. The number of nitrogens with zero attached hydrogens (tertiary/aromatic N) is 1. The van der Waals surface area contributed by atoms with Crippen LogP contribution in [0.2, 0.25) is 0 Å². The molecule has 1 heterocycles. The number of Topliss-reactive ketones (excluding diaryl/α,β-unsaturated/α-hetero) is 1. The third kappa shape index (κ3) is 2.18. The fourth-order valence-corrected chi connectivity index (χ4v) is 1.31. The van der Waals surface area contributed by atoms with E-state index in [-0.39, 0.29) is 12.4 Å². The van der Waals surface area contributed by atoms with Gasteiger partial charge in [0, 0.05) is 14.0 Å². The van der Waals surface area contributed by atoms with Gasteiger partial charge in [0.05, 0.1) is 6.61 Å². The SMILES string of the molecule is COCC[n+]1c(CO)c[nH]c1C(C)=O. The van der Waals surface area contributed by atoms with Crippen molar-refractivity contribution in [1.82, 2.24) is 4.98 Å². The van der Waals surface area contributed by atoms with Crippen molar-refractivity contribution in [2.45, 2.75) is 20.1 Å². The molecular weight excluding hydrogens is 184 g/mol. The van der Waals surface area contributed by atoms with Crippen molar-refractivity contribution >= 4 is 5.78 Å². The van der Waals surface area contributed by atoms with Gasteiger partial charge in [-0.2, -0.15) is 0 Å². The van der Waals surface area contributed by atoms with Gasteiger partial charge in [-0.15, -0.1) is 0 Å². The van der Waals surface area contributed by atoms with Crippen molar-refractivity contribution in [3.8, 4) is 0 Å². The number of rotatable bonds is 5. The predicted molar refractivity (Wildman–Crippen MR) is 48.8 cm³/mol. The van der Waals surface area contributed by atoms with Gasteiger partial charge in [-0.05, 0) is 0 Å². The first-order valence-corrected chi connectivity index (χ1v) is 4.41. The molecule has 5 heteroatoms. The van der Waals surface area contributed by atoms with Crippen LogP contribution in [0, 0.1) is 0 Å². The molecule has 5 nitrogen and oxygen atoms in total. The molecule has 0 atom stereocenters. The summed E-state index contributed by atoms with van der Waals surface area (Å²) in [5.41, 5.74) is 0.687. The maximum absolute atomic E-state index is 11.2. The molecule has 0 bridgehead atoms. The molecule has 0 saturated heterocycles. The molecule has 1 aromatic rings. The molecule has 0 fully saturated rings. The lowest BCUT2D eigenvalue weighted by Crippen LogP contribution is -2.43. The Hall–Kier alpha value is -1.20. The summed E-state index contributed by atoms with van der Waals surface area (Å²) < 4.78 is 6.65. The lowest BCUT2D eigenvalue weighted by Gasteiger charge is -2.00. The maximum atomic E-state index is 11.2. The minimum absolute atomic E-state index is 0.0548. The monoisotopic (exact) mass is 199 g/mol. The third-order valence-electron chi connectivity index (χ3n) is 2.01. The highest BCUT2D eigenvalue weighted by molar-refractivity contribution is 5.88. The number of H-pyrrole nitrogens is 1. The number of ketones is 1. The number of imidazole rings is 1. The minimum Gasteiger partial charge on any atom is -0.388 e. The molecule has 0 aliphatic heterocycles. The highest BCUT2D eigenvalue weighted by atomic mass is 16.5. The number of aliphatic hydroxyl groups is 1. The Morgan fingerprint density at radius 3 is 2.93 bits per heavy atom. The lowest BCUT2D eigenvalue weighted by atomic mass is 10.4. The first-order chi connectivity index (χ1) is 6.70. The molecule has 0 spiro atoms. The summed E-state index contributed by atoms with van der Waals surface area (Å²) in [7, 11) is 1.60. The highest BCUT2D eigenvalue weighted by Crippen LogP contribution is 1.96. The number of aliphatic hydroxyl groups excluding tert-OH is 1. The van der Waals surface area contributed by atoms with Crippen LogP contribution in [0.4, 0.5) is 0 Å². The van der Waals surface area contributed by atoms with Gasteiger partial charge in [0.15, 0.2) is 5.69 Å². The van der Waals surface area contributed by atoms with Crippen LogP contribution in [-0.4, -0.2) is 29.6 Å². The van der Waals surface area contributed by atoms with Crippen LogP contribution in [0.15, 0.2) is 6.20 Å². The zero-order chi connectivity index (χ0) is 10.6. The van der Waals surface area contributed by atoms with Crippen LogP contribution < -0.4 is 4.57 Å². The molecule has 1 rings (SSSR count). The molecular formula is C9H15N2O3+. The van der Waals surface area contributed by atoms with Gasteiger partial charge in [0.1, 0.15) is 19.3 Å². The fourth-order valence-electron chi connectivity index (χ4n) is 1.31. The number of hydrogen-bond donors (Lipinski definition) is 2. The van der Waals surface area contributed by atoms with Crippen molar-refractivity contribution in [3.05, 3.63) is 17.7 Å². The first-order valence-electron chi connectivity index (χ1n) is 4.41. The van der Waals surface area contributed by atoms with Crippen LogP contribution in [-0.2, 0) is 17.9 Å². The fraction of sp³-hybridized carbons (Fsp3) is 0.556. The van der Waals surface area contributed by atoms with Crippen LogP contribution in [0.3, 0.4) is 0 Å². The highest BCUT2D eigenvalue weighted by Gasteiger charge is 2.20. The number of aromatic nitrogens is 2. The van der Waals surface area contributed by atoms with E-state index in [1.54, 1.807) is 17.9 Å². The second-order valence-electron chi connectivity index (χ2n) is 2.99. The zero-order valence-electron chi connectivity index (χ0n) is 8.41. The Morgan fingerprint density at radius 2 is 2.43 bits per heavy atom. The molecule has 2 N–H and O–H groups in total. The summed E-state index contributed by atoms with van der Waals surface area (Å²) >= 11 is 0. The molecule has 1 aromatic heterocycles. The standard InChI is InChI=1S/C9H14N2O3/c1-7(13)9-10-5-8(6-12)11(9)3-4-14-2/h5,12H,3-4,6H2,1-2H3/p+1. The van der Waals surface area contributed by atoms with E-state index < -0.39 is 0 Å². The molecule has 0 unspecified atom stereocenters. The molecule has 0 aliphatic carbocycles. The number of methoxy groups -OCH3 is 1. The number of carbonyl (C=O) groups excluding carboxylic acids is 1. The quantitative estimate of drug-likeness (QED) is 0.503. The summed E-state index contributed by atoms with van der Waals surface area (Å²) in [5, 5.41) is 9.02. The molecule has 0 radical (unpaired) electrons. The van der Waals surface area contributed by atoms with Gasteiger partial charge < -0.3 is 9.84 Å². The third-order valence-corrected chi connectivity index (χ3v) is 2.01. The van der Waals surface area contributed by atoms with Gasteiger partial charge in [0.2, 0.25) is 5.78 Å². The number of hydrogen-bond acceptors (Lipinski definition) is 3. The Bertz CT molecular complexity index is 320. The summed E-state index contributed by atoms with van der Waals surface area (Å²) in [6.45, 7) is 2.46. The summed E-state index contributed by atoms with van der Waals surface area (Å²) in [6.07, 6.45) is 1.63. The Morgan fingerprint density at radius 1 is 1.71 bits per heavy atom. The topological polar surface area (TPSA) is 66.2 Å². The van der Waals surface area contributed by atoms with E-state index in [2.05, 4.69) is 4.98 Å². The molecule has 78 valence electrons. The average Bonchev–Trinajstić information content (AvgIpc) is 2.57. The van der Waals surface area contributed by atoms with Crippen molar-refractivity contribution in [2.75, 3.05) is 13.7 Å². The van der Waals surface area contributed by atoms with Crippen LogP contribution in [0.25, 0.3) is 0 Å². The lowest BCUT2D eigenvalue weighted by molar-refractivity contribution is -0.707. The largest absolute Gasteiger partial charge is 0.388 e. The molecule has 0 aliphatic rings. The van der Waals surface area contributed by atoms with Crippen LogP contribution in [0.1, 0.15) is 23.2 Å². The summed E-state index contributed by atoms with van der Waals surface area (Å²) in [6, 6.07) is 0. The van der Waals surface area contributed by atoms with E-state index in [9.17, 15) is 4.79 Å². The maximum Gasteiger partial charge on any atom is 0.323 e. The summed E-state index contributed by atoms with van der Waals surface area (Å²) in [5.74, 6) is 0.437. The number of aromatic amines is 1. The van der Waals surface area contributed by atoms with Gasteiger partial charge in [0.25, 0.3) is 0 Å². The van der Waals surface area contributed by atoms with E-state index in [0.29, 0.717) is 24.7 Å². The first kappa shape index (κ1) is 10.9. The van der Waals surface area contributed by atoms with Crippen LogP contribution in [0.5, 0.6) is 0 Å². The zero-order valence-corrected chi connectivity index (χ0v) is 8.41. The normalized spacial score (nSPS) is 10.5. The van der Waals surface area contributed by atoms with Crippen molar-refractivity contribution < 1.29 is 19.2 Å². The second-order valence-corrected chi connectivity index (χ2v) is 2.99. The Balaban J connectivity index is 2.93. The predicted octanol–water partition coefficient (Wildman–Crippen LogP) is -0.357. The Labute approximate surface area is 82.3 Å².